The largest absolute Gasteiger partial charge is 0.501 e. The van der Waals surface area contributed by atoms with Crippen molar-refractivity contribution >= 4 is 17.4 Å². The Hall–Kier alpha value is -1.36. The van der Waals surface area contributed by atoms with Crippen LogP contribution in [0.1, 0.15) is 0 Å². The van der Waals surface area contributed by atoms with Gasteiger partial charge in [0.15, 0.2) is 0 Å². The van der Waals surface area contributed by atoms with Crippen LogP contribution in [0, 0.1) is 10.1 Å². The van der Waals surface area contributed by atoms with E-state index in [2.05, 4.69) is 4.98 Å². The molecule has 6 heteroatoms. The van der Waals surface area contributed by atoms with Crippen molar-refractivity contribution in [2.75, 3.05) is 0 Å². The average molecular weight is 175 g/mol. The number of rotatable bonds is 1. The summed E-state index contributed by atoms with van der Waals surface area (Å²) in [6, 6.07) is 2.39. The standard InChI is InChI=1S/C5H3ClN2O3/c6-4-2-1-3(9)5(7-4)8(10)11/h1-2,9H. The van der Waals surface area contributed by atoms with E-state index in [1.165, 1.54) is 6.07 Å². The smallest absolute Gasteiger partial charge is 0.407 e. The first-order chi connectivity index (χ1) is 5.11. The minimum absolute atomic E-state index is 0.0190. The molecule has 0 atom stereocenters. The van der Waals surface area contributed by atoms with Crippen molar-refractivity contribution in [1.29, 1.82) is 0 Å². The number of nitro groups is 1. The zero-order valence-corrected chi connectivity index (χ0v) is 5.95. The van der Waals surface area contributed by atoms with E-state index in [9.17, 15) is 10.1 Å². The number of halogens is 1. The Kier molecular flexibility index (Phi) is 1.91. The van der Waals surface area contributed by atoms with E-state index in [1.807, 2.05) is 0 Å². The summed E-state index contributed by atoms with van der Waals surface area (Å²) in [6.45, 7) is 0. The molecule has 11 heavy (non-hydrogen) atoms. The maximum Gasteiger partial charge on any atom is 0.407 e. The van der Waals surface area contributed by atoms with Crippen LogP contribution >= 0.6 is 11.6 Å². The summed E-state index contributed by atoms with van der Waals surface area (Å²) in [5, 5.41) is 18.9. The molecule has 0 fully saturated rings. The molecule has 1 N–H and O–H groups in total. The molecule has 1 aromatic rings. The highest BCUT2D eigenvalue weighted by atomic mass is 35.5. The maximum absolute atomic E-state index is 10.1. The Morgan fingerprint density at radius 3 is 2.73 bits per heavy atom. The molecular formula is C5H3ClN2O3. The third-order valence-electron chi connectivity index (χ3n) is 0.993. The molecule has 0 bridgehead atoms. The zero-order valence-electron chi connectivity index (χ0n) is 5.19. The highest BCUT2D eigenvalue weighted by molar-refractivity contribution is 6.29. The summed E-state index contributed by atoms with van der Waals surface area (Å²) < 4.78 is 0. The van der Waals surface area contributed by atoms with Crippen LogP contribution in [0.5, 0.6) is 5.75 Å². The first-order valence-electron chi connectivity index (χ1n) is 2.61. The van der Waals surface area contributed by atoms with Gasteiger partial charge in [-0.1, -0.05) is 0 Å². The van der Waals surface area contributed by atoms with E-state index in [1.54, 1.807) is 0 Å². The fourth-order valence-corrected chi connectivity index (χ4v) is 0.695. The van der Waals surface area contributed by atoms with Crippen molar-refractivity contribution < 1.29 is 10.0 Å². The minimum atomic E-state index is -0.804. The molecule has 5 nitrogen and oxygen atoms in total. The number of hydrogen-bond donors (Lipinski definition) is 1. The summed E-state index contributed by atoms with van der Waals surface area (Å²) in [4.78, 5) is 12.6. The predicted octanol–water partition coefficient (Wildman–Crippen LogP) is 1.35. The van der Waals surface area contributed by atoms with E-state index in [4.69, 9.17) is 16.7 Å². The number of pyridine rings is 1. The summed E-state index contributed by atoms with van der Waals surface area (Å²) in [5.41, 5.74) is 0. The van der Waals surface area contributed by atoms with Crippen molar-refractivity contribution in [3.8, 4) is 5.75 Å². The van der Waals surface area contributed by atoms with Gasteiger partial charge in [0.2, 0.25) is 10.9 Å². The van der Waals surface area contributed by atoms with Crippen LogP contribution in [0.4, 0.5) is 5.82 Å². The van der Waals surface area contributed by atoms with Gasteiger partial charge in [-0.2, -0.15) is 0 Å². The van der Waals surface area contributed by atoms with E-state index >= 15 is 0 Å². The third-order valence-corrected chi connectivity index (χ3v) is 1.20. The summed E-state index contributed by atoms with van der Waals surface area (Å²) in [6.07, 6.45) is 0. The molecule has 0 radical (unpaired) electrons. The molecule has 1 rings (SSSR count). The van der Waals surface area contributed by atoms with Gasteiger partial charge >= 0.3 is 5.82 Å². The highest BCUT2D eigenvalue weighted by Gasteiger charge is 2.15. The molecule has 0 saturated carbocycles. The normalized spacial score (nSPS) is 9.55. The summed E-state index contributed by atoms with van der Waals surface area (Å²) in [5.74, 6) is -1.11. The van der Waals surface area contributed by atoms with Gasteiger partial charge < -0.3 is 15.2 Å². The average Bonchev–Trinajstić information content (AvgIpc) is 1.94. The molecule has 0 spiro atoms. The Bertz CT molecular complexity index is 302. The van der Waals surface area contributed by atoms with Crippen LogP contribution in [0.2, 0.25) is 5.15 Å². The Labute approximate surface area is 66.4 Å². The van der Waals surface area contributed by atoms with Gasteiger partial charge in [-0.25, -0.2) is 0 Å². The monoisotopic (exact) mass is 174 g/mol. The van der Waals surface area contributed by atoms with Crippen molar-refractivity contribution in [2.45, 2.75) is 0 Å². The van der Waals surface area contributed by atoms with Gasteiger partial charge in [0.1, 0.15) is 0 Å². The molecule has 0 aliphatic heterocycles. The second-order valence-corrected chi connectivity index (χ2v) is 2.12. The van der Waals surface area contributed by atoms with E-state index in [0.717, 1.165) is 6.07 Å². The van der Waals surface area contributed by atoms with Gasteiger partial charge in [0.25, 0.3) is 0 Å². The van der Waals surface area contributed by atoms with Crippen molar-refractivity contribution in [2.24, 2.45) is 0 Å². The third kappa shape index (κ3) is 1.56. The van der Waals surface area contributed by atoms with Crippen LogP contribution in [0.15, 0.2) is 12.1 Å². The SMILES string of the molecule is O=[N+]([O-])c1nc(Cl)ccc1O. The number of aromatic nitrogens is 1. The molecule has 58 valence electrons. The quantitative estimate of drug-likeness (QED) is 0.396. The molecule has 0 aliphatic rings. The molecule has 0 amide bonds. The summed E-state index contributed by atoms with van der Waals surface area (Å²) in [7, 11) is 0. The number of hydrogen-bond acceptors (Lipinski definition) is 4. The molecule has 1 heterocycles. The number of aromatic hydroxyl groups is 1. The van der Waals surface area contributed by atoms with E-state index < -0.39 is 16.5 Å². The topological polar surface area (TPSA) is 76.3 Å². The van der Waals surface area contributed by atoms with Crippen LogP contribution in [-0.2, 0) is 0 Å². The molecular weight excluding hydrogens is 172 g/mol. The maximum atomic E-state index is 10.1. The van der Waals surface area contributed by atoms with Gasteiger partial charge in [-0.3, -0.25) is 0 Å². The molecule has 1 aromatic heterocycles. The zero-order chi connectivity index (χ0) is 8.43. The van der Waals surface area contributed by atoms with Crippen LogP contribution in [0.3, 0.4) is 0 Å². The van der Waals surface area contributed by atoms with Crippen LogP contribution < -0.4 is 0 Å². The molecule has 0 saturated heterocycles. The molecule has 0 aliphatic carbocycles. The van der Waals surface area contributed by atoms with Crippen molar-refractivity contribution in [1.82, 2.24) is 4.98 Å². The van der Waals surface area contributed by atoms with Crippen molar-refractivity contribution in [3.63, 3.8) is 0 Å². The second-order valence-electron chi connectivity index (χ2n) is 1.73. The van der Waals surface area contributed by atoms with Crippen LogP contribution in [0.25, 0.3) is 0 Å². The Morgan fingerprint density at radius 2 is 2.27 bits per heavy atom. The fraction of sp³-hybridized carbons (Fsp3) is 0. The van der Waals surface area contributed by atoms with Gasteiger partial charge in [-0.15, -0.1) is 0 Å². The predicted molar refractivity (Wildman–Crippen MR) is 37.6 cm³/mol. The minimum Gasteiger partial charge on any atom is -0.501 e. The Balaban J connectivity index is 3.23. The fourth-order valence-electron chi connectivity index (χ4n) is 0.552. The summed E-state index contributed by atoms with van der Waals surface area (Å²) >= 11 is 5.33. The van der Waals surface area contributed by atoms with E-state index in [-0.39, 0.29) is 5.15 Å². The van der Waals surface area contributed by atoms with Crippen molar-refractivity contribution in [3.05, 3.63) is 27.4 Å². The second kappa shape index (κ2) is 2.71. The highest BCUT2D eigenvalue weighted by Crippen LogP contribution is 2.23. The first-order valence-corrected chi connectivity index (χ1v) is 2.99. The molecule has 0 unspecified atom stereocenters. The van der Waals surface area contributed by atoms with Gasteiger partial charge in [0, 0.05) is 6.07 Å². The lowest BCUT2D eigenvalue weighted by molar-refractivity contribution is -0.390. The van der Waals surface area contributed by atoms with Gasteiger partial charge in [-0.05, 0) is 27.6 Å². The van der Waals surface area contributed by atoms with Gasteiger partial charge in [0.05, 0.1) is 0 Å². The Morgan fingerprint density at radius 1 is 1.64 bits per heavy atom. The first kappa shape index (κ1) is 7.74. The number of nitrogens with zero attached hydrogens (tertiary/aromatic N) is 2. The van der Waals surface area contributed by atoms with E-state index in [0.29, 0.717) is 0 Å². The van der Waals surface area contributed by atoms with Crippen LogP contribution in [-0.4, -0.2) is 15.0 Å². The molecule has 0 aromatic carbocycles. The lowest BCUT2D eigenvalue weighted by Crippen LogP contribution is -1.91. The lowest BCUT2D eigenvalue weighted by Gasteiger charge is -1.93. The lowest BCUT2D eigenvalue weighted by atomic mass is 10.4.